The highest BCUT2D eigenvalue weighted by Gasteiger charge is 2.25. The first-order valence-corrected chi connectivity index (χ1v) is 16.7. The van der Waals surface area contributed by atoms with Crippen LogP contribution in [0.2, 0.25) is 0 Å². The Morgan fingerprint density at radius 3 is 1.89 bits per heavy atom. The molecule has 0 saturated carbocycles. The number of nitrogens with zero attached hydrogens (tertiary/aromatic N) is 3. The Morgan fingerprint density at radius 1 is 0.489 bits per heavy atom. The molecule has 11 aromatic rings. The third-order valence-corrected chi connectivity index (χ3v) is 11.8. The molecule has 0 atom stereocenters. The van der Waals surface area contributed by atoms with Gasteiger partial charge in [-0.2, -0.15) is 0 Å². The van der Waals surface area contributed by atoms with E-state index in [1.807, 2.05) is 17.5 Å². The highest BCUT2D eigenvalue weighted by Crippen LogP contribution is 2.51. The van der Waals surface area contributed by atoms with Gasteiger partial charge in [0.2, 0.25) is 0 Å². The number of thiophene rings is 2. The predicted molar refractivity (Wildman–Crippen MR) is 195 cm³/mol. The molecule has 4 heterocycles. The van der Waals surface area contributed by atoms with Crippen LogP contribution in [0.1, 0.15) is 0 Å². The monoisotopic (exact) mass is 607 g/mol. The maximum Gasteiger partial charge on any atom is 0.127 e. The lowest BCUT2D eigenvalue weighted by atomic mass is 9.94. The normalized spacial score (nSPS) is 12.4. The van der Waals surface area contributed by atoms with Crippen molar-refractivity contribution < 1.29 is 0 Å². The molecule has 5 heteroatoms. The molecule has 11 rings (SSSR count). The molecular formula is C40H21N3S2. The average Bonchev–Trinajstić information content (AvgIpc) is 3.78. The van der Waals surface area contributed by atoms with Crippen molar-refractivity contribution in [2.24, 2.45) is 0 Å². The minimum atomic E-state index is 1.02. The quantitative estimate of drug-likeness (QED) is 0.174. The molecule has 0 fully saturated rings. The summed E-state index contributed by atoms with van der Waals surface area (Å²) >= 11 is 3.68. The fraction of sp³-hybridized carbons (Fsp3) is 0. The number of aromatic nitrogens is 3. The van der Waals surface area contributed by atoms with Gasteiger partial charge >= 0.3 is 0 Å². The number of rotatable bonds is 1. The van der Waals surface area contributed by atoms with Crippen LogP contribution in [0.4, 0.5) is 0 Å². The van der Waals surface area contributed by atoms with Crippen LogP contribution in [0, 0.1) is 0 Å². The van der Waals surface area contributed by atoms with E-state index < -0.39 is 0 Å². The second-order valence-electron chi connectivity index (χ2n) is 11.7. The molecule has 4 aromatic heterocycles. The SMILES string of the molecule is c1ccc2c(c1)sc1c2c2c3cncnc3sc2c2c1c1ccccc1n2-c1ccc2c3ccccc3c3ccccc3c2c1. The van der Waals surface area contributed by atoms with Crippen molar-refractivity contribution in [3.63, 3.8) is 0 Å². The zero-order valence-electron chi connectivity index (χ0n) is 23.8. The van der Waals surface area contributed by atoms with Crippen LogP contribution in [0.3, 0.4) is 0 Å². The molecule has 0 spiro atoms. The average molecular weight is 608 g/mol. The van der Waals surface area contributed by atoms with Crippen molar-refractivity contribution in [2.75, 3.05) is 0 Å². The van der Waals surface area contributed by atoms with Crippen molar-refractivity contribution in [3.8, 4) is 5.69 Å². The molecule has 0 unspecified atom stereocenters. The standard InChI is InChI=1S/C40H21N3S2/c1-2-11-25-23(9-1)24-10-3-4-12-26(24)30-19-22(17-18-27(25)30)43-32-15-7-5-13-28(32)36-37(43)39-35(31-20-41-21-42-40(31)45-39)34-29-14-6-8-16-33(29)44-38(34)36/h1-21H. The number of para-hydroxylation sites is 1. The third-order valence-electron chi connectivity index (χ3n) is 9.52. The summed E-state index contributed by atoms with van der Waals surface area (Å²) in [5.41, 5.74) is 3.63. The van der Waals surface area contributed by atoms with Gasteiger partial charge in [0, 0.05) is 53.6 Å². The maximum absolute atomic E-state index is 4.76. The van der Waals surface area contributed by atoms with Gasteiger partial charge in [-0.05, 0) is 56.6 Å². The number of hydrogen-bond donors (Lipinski definition) is 0. The third kappa shape index (κ3) is 3.04. The molecule has 3 nitrogen and oxygen atoms in total. The summed E-state index contributed by atoms with van der Waals surface area (Å²) in [6.07, 6.45) is 3.67. The van der Waals surface area contributed by atoms with E-state index in [0.717, 1.165) is 10.2 Å². The Bertz CT molecular complexity index is 3020. The van der Waals surface area contributed by atoms with Gasteiger partial charge in [0.25, 0.3) is 0 Å². The molecule has 0 radical (unpaired) electrons. The van der Waals surface area contributed by atoms with E-state index >= 15 is 0 Å². The zero-order chi connectivity index (χ0) is 29.2. The van der Waals surface area contributed by atoms with Gasteiger partial charge in [0.1, 0.15) is 11.2 Å². The van der Waals surface area contributed by atoms with Gasteiger partial charge in [-0.15, -0.1) is 22.7 Å². The van der Waals surface area contributed by atoms with Crippen LogP contribution in [-0.2, 0) is 0 Å². The van der Waals surface area contributed by atoms with E-state index in [2.05, 4.69) is 125 Å². The predicted octanol–water partition coefficient (Wildman–Crippen LogP) is 11.8. The fourth-order valence-electron chi connectivity index (χ4n) is 7.71. The highest BCUT2D eigenvalue weighted by molar-refractivity contribution is 7.29. The highest BCUT2D eigenvalue weighted by atomic mass is 32.1. The van der Waals surface area contributed by atoms with Crippen LogP contribution in [0.5, 0.6) is 0 Å². The Balaban J connectivity index is 1.39. The van der Waals surface area contributed by atoms with Crippen LogP contribution < -0.4 is 0 Å². The van der Waals surface area contributed by atoms with Crippen LogP contribution in [0.15, 0.2) is 128 Å². The van der Waals surface area contributed by atoms with E-state index in [4.69, 9.17) is 4.98 Å². The van der Waals surface area contributed by atoms with Crippen molar-refractivity contribution >= 4 is 117 Å². The minimum absolute atomic E-state index is 1.02. The second-order valence-corrected chi connectivity index (χ2v) is 13.8. The summed E-state index contributed by atoms with van der Waals surface area (Å²) in [5, 5.41) is 15.3. The number of benzene rings is 7. The van der Waals surface area contributed by atoms with Crippen molar-refractivity contribution in [1.82, 2.24) is 14.5 Å². The van der Waals surface area contributed by atoms with Crippen LogP contribution in [0.25, 0.3) is 100 Å². The summed E-state index contributed by atoms with van der Waals surface area (Å²) in [5.74, 6) is 0. The van der Waals surface area contributed by atoms with Gasteiger partial charge < -0.3 is 4.57 Å². The molecule has 7 aromatic carbocycles. The van der Waals surface area contributed by atoms with Gasteiger partial charge in [-0.3, -0.25) is 0 Å². The van der Waals surface area contributed by atoms with Gasteiger partial charge in [-0.1, -0.05) is 91.0 Å². The number of hydrogen-bond acceptors (Lipinski definition) is 4. The fourth-order valence-corrected chi connectivity index (χ4v) is 10.1. The molecular weight excluding hydrogens is 587 g/mol. The Hall–Kier alpha value is -5.36. The molecule has 0 amide bonds. The van der Waals surface area contributed by atoms with E-state index in [0.29, 0.717) is 0 Å². The lowest BCUT2D eigenvalue weighted by molar-refractivity contribution is 1.19. The van der Waals surface area contributed by atoms with E-state index in [1.165, 1.54) is 90.1 Å². The Labute approximate surface area is 264 Å². The summed E-state index contributed by atoms with van der Waals surface area (Å²) in [6, 6.07) is 42.4. The lowest BCUT2D eigenvalue weighted by Crippen LogP contribution is -1.95. The molecule has 208 valence electrons. The van der Waals surface area contributed by atoms with Crippen LogP contribution >= 0.6 is 22.7 Å². The Kier molecular flexibility index (Phi) is 4.61. The molecule has 0 saturated heterocycles. The first kappa shape index (κ1) is 24.0. The summed E-state index contributed by atoms with van der Waals surface area (Å²) in [6.45, 7) is 0. The van der Waals surface area contributed by atoms with Crippen LogP contribution in [-0.4, -0.2) is 14.5 Å². The topological polar surface area (TPSA) is 30.7 Å². The van der Waals surface area contributed by atoms with Crippen molar-refractivity contribution in [1.29, 1.82) is 0 Å². The maximum atomic E-state index is 4.76. The lowest BCUT2D eigenvalue weighted by Gasteiger charge is -2.14. The van der Waals surface area contributed by atoms with Crippen molar-refractivity contribution in [3.05, 3.63) is 128 Å². The smallest absolute Gasteiger partial charge is 0.127 e. The summed E-state index contributed by atoms with van der Waals surface area (Å²) in [4.78, 5) is 10.3. The first-order valence-electron chi connectivity index (χ1n) is 15.1. The molecule has 0 aliphatic rings. The molecule has 0 N–H and O–H groups in total. The van der Waals surface area contributed by atoms with Crippen molar-refractivity contribution in [2.45, 2.75) is 0 Å². The van der Waals surface area contributed by atoms with Gasteiger partial charge in [0.15, 0.2) is 0 Å². The van der Waals surface area contributed by atoms with Gasteiger partial charge in [-0.25, -0.2) is 9.97 Å². The largest absolute Gasteiger partial charge is 0.308 e. The molecule has 45 heavy (non-hydrogen) atoms. The van der Waals surface area contributed by atoms with E-state index in [9.17, 15) is 0 Å². The van der Waals surface area contributed by atoms with E-state index in [-0.39, 0.29) is 0 Å². The summed E-state index contributed by atoms with van der Waals surface area (Å²) < 4.78 is 6.40. The Morgan fingerprint density at radius 2 is 1.11 bits per heavy atom. The molecule has 0 aliphatic carbocycles. The number of fused-ring (bicyclic) bond motifs is 18. The minimum Gasteiger partial charge on any atom is -0.308 e. The molecule has 0 aliphatic heterocycles. The van der Waals surface area contributed by atoms with Gasteiger partial charge in [0.05, 0.1) is 15.7 Å². The second kappa shape index (κ2) is 8.63. The first-order chi connectivity index (χ1) is 22.3. The molecule has 0 bridgehead atoms. The zero-order valence-corrected chi connectivity index (χ0v) is 25.4. The van der Waals surface area contributed by atoms with E-state index in [1.54, 1.807) is 17.7 Å². The summed E-state index contributed by atoms with van der Waals surface area (Å²) in [7, 11) is 0.